The summed E-state index contributed by atoms with van der Waals surface area (Å²) in [6, 6.07) is 5.59. The maximum Gasteiger partial charge on any atom is 0.178 e. The second kappa shape index (κ2) is 4.73. The molecule has 6 heteroatoms. The number of nitrogen functional groups attached to an aromatic ring is 1. The van der Waals surface area contributed by atoms with Crippen LogP contribution < -0.4 is 15.2 Å². The van der Waals surface area contributed by atoms with Crippen LogP contribution in [0.1, 0.15) is 0 Å². The predicted molar refractivity (Wildman–Crippen MR) is 73.6 cm³/mol. The summed E-state index contributed by atoms with van der Waals surface area (Å²) in [5.41, 5.74) is 7.67. The second-order valence-electron chi connectivity index (χ2n) is 3.82. The number of anilines is 1. The SMILES string of the molecule is COc1ccc(-c2[nH]c(=S)n(C)c2N)cc1OC. The van der Waals surface area contributed by atoms with Gasteiger partial charge >= 0.3 is 0 Å². The molecule has 0 aliphatic rings. The van der Waals surface area contributed by atoms with E-state index in [0.29, 0.717) is 22.1 Å². The van der Waals surface area contributed by atoms with Crippen molar-refractivity contribution in [3.8, 4) is 22.8 Å². The van der Waals surface area contributed by atoms with E-state index in [4.69, 9.17) is 27.4 Å². The van der Waals surface area contributed by atoms with E-state index in [1.165, 1.54) is 0 Å². The Morgan fingerprint density at radius 3 is 2.39 bits per heavy atom. The first-order valence-corrected chi connectivity index (χ1v) is 5.76. The first kappa shape index (κ1) is 12.5. The number of nitrogens with one attached hydrogen (secondary N) is 1. The van der Waals surface area contributed by atoms with Gasteiger partial charge in [-0.1, -0.05) is 0 Å². The molecule has 0 atom stereocenters. The summed E-state index contributed by atoms with van der Waals surface area (Å²) in [6.45, 7) is 0. The summed E-state index contributed by atoms with van der Waals surface area (Å²) >= 11 is 5.14. The fourth-order valence-corrected chi connectivity index (χ4v) is 1.94. The molecule has 0 aliphatic heterocycles. The van der Waals surface area contributed by atoms with Crippen LogP contribution in [0.3, 0.4) is 0 Å². The first-order valence-electron chi connectivity index (χ1n) is 5.35. The summed E-state index contributed by atoms with van der Waals surface area (Å²) in [5.74, 6) is 1.92. The topological polar surface area (TPSA) is 65.2 Å². The Bertz CT molecular complexity index is 631. The van der Waals surface area contributed by atoms with Gasteiger partial charge in [0, 0.05) is 12.6 Å². The van der Waals surface area contributed by atoms with E-state index in [1.807, 2.05) is 25.2 Å². The number of hydrogen-bond donors (Lipinski definition) is 2. The van der Waals surface area contributed by atoms with Gasteiger partial charge in [-0.05, 0) is 30.4 Å². The highest BCUT2D eigenvalue weighted by Gasteiger charge is 2.11. The number of ether oxygens (including phenoxy) is 2. The van der Waals surface area contributed by atoms with E-state index in [1.54, 1.807) is 18.8 Å². The van der Waals surface area contributed by atoms with Crippen molar-refractivity contribution in [3.05, 3.63) is 23.0 Å². The van der Waals surface area contributed by atoms with E-state index in [0.717, 1.165) is 11.3 Å². The van der Waals surface area contributed by atoms with Crippen LogP contribution in [0.2, 0.25) is 0 Å². The predicted octanol–water partition coefficient (Wildman–Crippen LogP) is 2.35. The fourth-order valence-electron chi connectivity index (χ4n) is 1.74. The molecular weight excluding hydrogens is 250 g/mol. The highest BCUT2D eigenvalue weighted by Crippen LogP contribution is 2.33. The Labute approximate surface area is 110 Å². The summed E-state index contributed by atoms with van der Waals surface area (Å²) in [6.07, 6.45) is 0. The van der Waals surface area contributed by atoms with Gasteiger partial charge in [0.1, 0.15) is 5.82 Å². The molecule has 1 aromatic carbocycles. The van der Waals surface area contributed by atoms with Crippen molar-refractivity contribution < 1.29 is 9.47 Å². The number of hydrogen-bond acceptors (Lipinski definition) is 4. The van der Waals surface area contributed by atoms with Gasteiger partial charge in [-0.25, -0.2) is 0 Å². The van der Waals surface area contributed by atoms with Crippen LogP contribution >= 0.6 is 12.2 Å². The molecule has 0 saturated heterocycles. The molecule has 2 rings (SSSR count). The molecule has 2 aromatic rings. The minimum absolute atomic E-state index is 0.581. The van der Waals surface area contributed by atoms with Crippen molar-refractivity contribution in [3.63, 3.8) is 0 Å². The third-order valence-corrected chi connectivity index (χ3v) is 3.20. The number of imidazole rings is 1. The molecule has 0 aliphatic carbocycles. The Balaban J connectivity index is 2.57. The van der Waals surface area contributed by atoms with Crippen LogP contribution in [0.25, 0.3) is 11.3 Å². The fraction of sp³-hybridized carbons (Fsp3) is 0.250. The Kier molecular flexibility index (Phi) is 3.29. The van der Waals surface area contributed by atoms with Crippen LogP contribution in [0, 0.1) is 4.77 Å². The Hall–Kier alpha value is -1.95. The number of aromatic amines is 1. The lowest BCUT2D eigenvalue weighted by atomic mass is 10.1. The highest BCUT2D eigenvalue weighted by atomic mass is 32.1. The summed E-state index contributed by atoms with van der Waals surface area (Å²) < 4.78 is 12.8. The van der Waals surface area contributed by atoms with Gasteiger partial charge in [-0.15, -0.1) is 0 Å². The zero-order valence-electron chi connectivity index (χ0n) is 10.5. The van der Waals surface area contributed by atoms with E-state index < -0.39 is 0 Å². The maximum absolute atomic E-state index is 5.99. The third-order valence-electron chi connectivity index (χ3n) is 2.83. The van der Waals surface area contributed by atoms with Crippen molar-refractivity contribution in [2.45, 2.75) is 0 Å². The van der Waals surface area contributed by atoms with Crippen molar-refractivity contribution in [2.75, 3.05) is 20.0 Å². The number of aromatic nitrogens is 2. The number of H-pyrrole nitrogens is 1. The molecule has 0 unspecified atom stereocenters. The Morgan fingerprint density at radius 1 is 1.22 bits per heavy atom. The van der Waals surface area contributed by atoms with E-state index in [9.17, 15) is 0 Å². The standard InChI is InChI=1S/C12H15N3O2S/c1-15-11(13)10(14-12(15)18)7-4-5-8(16-2)9(6-7)17-3/h4-6H,13H2,1-3H3,(H,14,18). The lowest BCUT2D eigenvalue weighted by Crippen LogP contribution is -1.97. The van der Waals surface area contributed by atoms with Crippen molar-refractivity contribution in [1.82, 2.24) is 9.55 Å². The van der Waals surface area contributed by atoms with Crippen LogP contribution in [0.15, 0.2) is 18.2 Å². The molecule has 0 spiro atoms. The molecular formula is C12H15N3O2S. The van der Waals surface area contributed by atoms with Crippen LogP contribution in [-0.2, 0) is 7.05 Å². The van der Waals surface area contributed by atoms with Gasteiger partial charge in [0.2, 0.25) is 0 Å². The maximum atomic E-state index is 5.99. The molecule has 0 radical (unpaired) electrons. The van der Waals surface area contributed by atoms with Gasteiger partial charge in [0.15, 0.2) is 16.3 Å². The van der Waals surface area contributed by atoms with Gasteiger partial charge in [-0.3, -0.25) is 0 Å². The lowest BCUT2D eigenvalue weighted by Gasteiger charge is -2.09. The van der Waals surface area contributed by atoms with Gasteiger partial charge in [0.25, 0.3) is 0 Å². The second-order valence-corrected chi connectivity index (χ2v) is 4.21. The molecule has 96 valence electrons. The summed E-state index contributed by atoms with van der Waals surface area (Å²) in [5, 5.41) is 0. The Morgan fingerprint density at radius 2 is 1.89 bits per heavy atom. The molecule has 0 fully saturated rings. The zero-order valence-corrected chi connectivity index (χ0v) is 11.3. The average Bonchev–Trinajstić information content (AvgIpc) is 2.65. The van der Waals surface area contributed by atoms with Crippen LogP contribution in [0.5, 0.6) is 11.5 Å². The van der Waals surface area contributed by atoms with Crippen molar-refractivity contribution >= 4 is 18.0 Å². The molecule has 5 nitrogen and oxygen atoms in total. The minimum atomic E-state index is 0.581. The van der Waals surface area contributed by atoms with Gasteiger partial charge in [0.05, 0.1) is 19.9 Å². The van der Waals surface area contributed by atoms with Gasteiger partial charge in [-0.2, -0.15) is 0 Å². The largest absolute Gasteiger partial charge is 0.493 e. The third kappa shape index (κ3) is 1.95. The zero-order chi connectivity index (χ0) is 13.3. The van der Waals surface area contributed by atoms with Crippen molar-refractivity contribution in [2.24, 2.45) is 7.05 Å². The molecule has 18 heavy (non-hydrogen) atoms. The lowest BCUT2D eigenvalue weighted by molar-refractivity contribution is 0.355. The molecule has 0 saturated carbocycles. The van der Waals surface area contributed by atoms with E-state index in [-0.39, 0.29) is 0 Å². The van der Waals surface area contributed by atoms with E-state index >= 15 is 0 Å². The quantitative estimate of drug-likeness (QED) is 0.836. The molecule has 3 N–H and O–H groups in total. The average molecular weight is 265 g/mol. The number of nitrogens with zero attached hydrogens (tertiary/aromatic N) is 1. The normalized spacial score (nSPS) is 10.4. The van der Waals surface area contributed by atoms with Crippen LogP contribution in [0.4, 0.5) is 5.82 Å². The van der Waals surface area contributed by atoms with E-state index in [2.05, 4.69) is 4.98 Å². The van der Waals surface area contributed by atoms with Gasteiger partial charge < -0.3 is 24.8 Å². The summed E-state index contributed by atoms with van der Waals surface area (Å²) in [7, 11) is 5.01. The number of rotatable bonds is 3. The minimum Gasteiger partial charge on any atom is -0.493 e. The molecule has 0 amide bonds. The number of methoxy groups -OCH3 is 2. The number of benzene rings is 1. The summed E-state index contributed by atoms with van der Waals surface area (Å²) in [4.78, 5) is 3.07. The molecule has 0 bridgehead atoms. The molecule has 1 aromatic heterocycles. The number of nitrogens with two attached hydrogens (primary N) is 1. The smallest absolute Gasteiger partial charge is 0.178 e. The molecule has 1 heterocycles. The van der Waals surface area contributed by atoms with Crippen LogP contribution in [-0.4, -0.2) is 23.8 Å². The first-order chi connectivity index (χ1) is 8.58. The monoisotopic (exact) mass is 265 g/mol. The van der Waals surface area contributed by atoms with Crippen molar-refractivity contribution in [1.29, 1.82) is 0 Å². The highest BCUT2D eigenvalue weighted by molar-refractivity contribution is 7.71.